The fourth-order valence-electron chi connectivity index (χ4n) is 3.50. The fourth-order valence-corrected chi connectivity index (χ4v) is 4.43. The van der Waals surface area contributed by atoms with Crippen LogP contribution in [0.15, 0.2) is 47.4 Å². The number of hydrogen-bond acceptors (Lipinski definition) is 4. The Morgan fingerprint density at radius 1 is 1.11 bits per heavy atom. The molecular formula is C20H22N2O5S. The van der Waals surface area contributed by atoms with Gasteiger partial charge in [0.05, 0.1) is 28.1 Å². The van der Waals surface area contributed by atoms with Crippen molar-refractivity contribution in [3.63, 3.8) is 0 Å². The average molecular weight is 402 g/mol. The number of carbonyl (C=O) groups excluding carboxylic acids is 1. The maximum atomic E-state index is 12.2. The number of nitrogens with zero attached hydrogens (tertiary/aromatic N) is 2. The summed E-state index contributed by atoms with van der Waals surface area (Å²) in [5.74, 6) is -0.165. The third-order valence-electron chi connectivity index (χ3n) is 4.89. The van der Waals surface area contributed by atoms with Crippen molar-refractivity contribution < 1.29 is 23.1 Å². The van der Waals surface area contributed by atoms with Crippen LogP contribution in [0.2, 0.25) is 0 Å². The second-order valence-electron chi connectivity index (χ2n) is 6.77. The summed E-state index contributed by atoms with van der Waals surface area (Å²) >= 11 is 0. The van der Waals surface area contributed by atoms with E-state index in [-0.39, 0.29) is 29.1 Å². The number of sulfone groups is 1. The summed E-state index contributed by atoms with van der Waals surface area (Å²) in [6.45, 7) is 5.00. The van der Waals surface area contributed by atoms with Crippen LogP contribution in [0.4, 0.5) is 16.2 Å². The van der Waals surface area contributed by atoms with Gasteiger partial charge in [-0.1, -0.05) is 25.1 Å². The van der Waals surface area contributed by atoms with Gasteiger partial charge in [0.2, 0.25) is 5.91 Å². The van der Waals surface area contributed by atoms with Crippen molar-refractivity contribution in [3.8, 4) is 11.1 Å². The highest BCUT2D eigenvalue weighted by atomic mass is 32.2. The SMILES string of the molecule is CCS(=O)(=O)c1cccc(-c2ccc3c(c2)N(C(=O)O)C[C@H](C)N3C(C)=O)c1. The van der Waals surface area contributed by atoms with Gasteiger partial charge in [0.25, 0.3) is 0 Å². The summed E-state index contributed by atoms with van der Waals surface area (Å²) in [4.78, 5) is 26.9. The first kappa shape index (κ1) is 19.9. The Hall–Kier alpha value is -2.87. The van der Waals surface area contributed by atoms with E-state index in [0.29, 0.717) is 22.5 Å². The highest BCUT2D eigenvalue weighted by Gasteiger charge is 2.33. The lowest BCUT2D eigenvalue weighted by Crippen LogP contribution is -2.51. The van der Waals surface area contributed by atoms with Crippen LogP contribution in [0, 0.1) is 0 Å². The molecule has 0 saturated heterocycles. The molecular weight excluding hydrogens is 380 g/mol. The van der Waals surface area contributed by atoms with Crippen LogP contribution in [0.25, 0.3) is 11.1 Å². The molecule has 1 N–H and O–H groups in total. The van der Waals surface area contributed by atoms with Gasteiger partial charge in [-0.3, -0.25) is 9.69 Å². The normalized spacial score (nSPS) is 16.6. The lowest BCUT2D eigenvalue weighted by atomic mass is 10.0. The molecule has 0 aromatic heterocycles. The molecule has 8 heteroatoms. The van der Waals surface area contributed by atoms with Gasteiger partial charge in [-0.15, -0.1) is 0 Å². The number of anilines is 2. The number of benzene rings is 2. The lowest BCUT2D eigenvalue weighted by molar-refractivity contribution is -0.117. The van der Waals surface area contributed by atoms with Crippen LogP contribution in [0.3, 0.4) is 0 Å². The second kappa shape index (κ2) is 7.27. The van der Waals surface area contributed by atoms with Crippen LogP contribution in [-0.4, -0.2) is 43.9 Å². The molecule has 7 nitrogen and oxygen atoms in total. The van der Waals surface area contributed by atoms with E-state index in [9.17, 15) is 23.1 Å². The Kier molecular flexibility index (Phi) is 5.16. The van der Waals surface area contributed by atoms with Gasteiger partial charge >= 0.3 is 6.09 Å². The molecule has 0 fully saturated rings. The molecule has 1 aliphatic rings. The Balaban J connectivity index is 2.15. The van der Waals surface area contributed by atoms with E-state index in [4.69, 9.17) is 0 Å². The van der Waals surface area contributed by atoms with Gasteiger partial charge in [-0.2, -0.15) is 0 Å². The van der Waals surface area contributed by atoms with Crippen LogP contribution >= 0.6 is 0 Å². The third-order valence-corrected chi connectivity index (χ3v) is 6.62. The number of carbonyl (C=O) groups is 2. The molecule has 2 aromatic rings. The van der Waals surface area contributed by atoms with Crippen molar-refractivity contribution in [2.75, 3.05) is 22.1 Å². The summed E-state index contributed by atoms with van der Waals surface area (Å²) in [5, 5.41) is 9.61. The first-order valence-corrected chi connectivity index (χ1v) is 10.6. The zero-order chi connectivity index (χ0) is 20.6. The predicted molar refractivity (Wildman–Crippen MR) is 108 cm³/mol. The molecule has 0 bridgehead atoms. The molecule has 148 valence electrons. The number of hydrogen-bond donors (Lipinski definition) is 1. The van der Waals surface area contributed by atoms with Gasteiger partial charge in [0, 0.05) is 13.5 Å². The van der Waals surface area contributed by atoms with E-state index >= 15 is 0 Å². The van der Waals surface area contributed by atoms with Crippen molar-refractivity contribution >= 4 is 33.2 Å². The van der Waals surface area contributed by atoms with Crippen molar-refractivity contribution in [1.82, 2.24) is 0 Å². The van der Waals surface area contributed by atoms with Crippen molar-refractivity contribution in [2.45, 2.75) is 31.7 Å². The van der Waals surface area contributed by atoms with E-state index < -0.39 is 15.9 Å². The molecule has 3 rings (SSSR count). The zero-order valence-electron chi connectivity index (χ0n) is 15.9. The highest BCUT2D eigenvalue weighted by Crippen LogP contribution is 2.39. The molecule has 0 saturated carbocycles. The quantitative estimate of drug-likeness (QED) is 0.849. The minimum Gasteiger partial charge on any atom is -0.465 e. The standard InChI is InChI=1S/C20H22N2O5S/c1-4-28(26,27)17-7-5-6-15(10-17)16-8-9-18-19(11-16)21(20(24)25)12-13(2)22(18)14(3)23/h5-11,13H,4,12H2,1-3H3,(H,24,25)/t13-/m0/s1. The second-order valence-corrected chi connectivity index (χ2v) is 9.04. The minimum absolute atomic E-state index is 0.00110. The topological polar surface area (TPSA) is 95.0 Å². The van der Waals surface area contributed by atoms with Gasteiger partial charge in [-0.25, -0.2) is 13.2 Å². The largest absolute Gasteiger partial charge is 0.465 e. The van der Waals surface area contributed by atoms with E-state index in [0.717, 1.165) is 0 Å². The molecule has 1 heterocycles. The number of rotatable bonds is 3. The van der Waals surface area contributed by atoms with Crippen LogP contribution < -0.4 is 9.80 Å². The molecule has 1 atom stereocenters. The van der Waals surface area contributed by atoms with Gasteiger partial charge < -0.3 is 10.0 Å². The summed E-state index contributed by atoms with van der Waals surface area (Å²) in [6.07, 6.45) is -1.10. The minimum atomic E-state index is -3.35. The van der Waals surface area contributed by atoms with Gasteiger partial charge in [0.1, 0.15) is 0 Å². The Labute approximate surface area is 164 Å². The Morgan fingerprint density at radius 3 is 2.39 bits per heavy atom. The van der Waals surface area contributed by atoms with Gasteiger partial charge in [0.15, 0.2) is 9.84 Å². The average Bonchev–Trinajstić information content (AvgIpc) is 2.66. The fraction of sp³-hybridized carbons (Fsp3) is 0.300. The summed E-state index contributed by atoms with van der Waals surface area (Å²) < 4.78 is 24.4. The van der Waals surface area contributed by atoms with Crippen LogP contribution in [0.1, 0.15) is 20.8 Å². The number of amides is 2. The van der Waals surface area contributed by atoms with E-state index in [2.05, 4.69) is 0 Å². The van der Waals surface area contributed by atoms with Crippen LogP contribution in [-0.2, 0) is 14.6 Å². The first-order valence-electron chi connectivity index (χ1n) is 8.93. The van der Waals surface area contributed by atoms with Crippen molar-refractivity contribution in [1.29, 1.82) is 0 Å². The Bertz CT molecular complexity index is 1050. The molecule has 0 aliphatic carbocycles. The summed E-state index contributed by atoms with van der Waals surface area (Å²) in [5.41, 5.74) is 2.27. The molecule has 0 spiro atoms. The van der Waals surface area contributed by atoms with Gasteiger partial charge in [-0.05, 0) is 42.3 Å². The first-order chi connectivity index (χ1) is 13.2. The molecule has 0 unspecified atom stereocenters. The Morgan fingerprint density at radius 2 is 1.79 bits per heavy atom. The maximum absolute atomic E-state index is 12.2. The van der Waals surface area contributed by atoms with E-state index in [1.54, 1.807) is 61.2 Å². The molecule has 1 aliphatic heterocycles. The number of fused-ring (bicyclic) bond motifs is 1. The lowest BCUT2D eigenvalue weighted by Gasteiger charge is -2.39. The molecule has 28 heavy (non-hydrogen) atoms. The molecule has 2 amide bonds. The monoisotopic (exact) mass is 402 g/mol. The third kappa shape index (κ3) is 3.47. The van der Waals surface area contributed by atoms with Crippen LogP contribution in [0.5, 0.6) is 0 Å². The van der Waals surface area contributed by atoms with E-state index in [1.807, 2.05) is 0 Å². The highest BCUT2D eigenvalue weighted by molar-refractivity contribution is 7.91. The zero-order valence-corrected chi connectivity index (χ0v) is 16.7. The van der Waals surface area contributed by atoms with E-state index in [1.165, 1.54) is 11.8 Å². The maximum Gasteiger partial charge on any atom is 0.411 e. The molecule has 0 radical (unpaired) electrons. The smallest absolute Gasteiger partial charge is 0.411 e. The predicted octanol–water partition coefficient (Wildman–Crippen LogP) is 3.39. The van der Waals surface area contributed by atoms with Crippen molar-refractivity contribution in [2.24, 2.45) is 0 Å². The summed E-state index contributed by atoms with van der Waals surface area (Å²) in [7, 11) is -3.35. The molecule has 2 aromatic carbocycles. The van der Waals surface area contributed by atoms with Crippen molar-refractivity contribution in [3.05, 3.63) is 42.5 Å². The number of carboxylic acid groups (broad SMARTS) is 1. The summed E-state index contributed by atoms with van der Waals surface area (Å²) in [6, 6.07) is 11.4.